The minimum Gasteiger partial charge on any atom is -0.346 e. The van der Waals surface area contributed by atoms with Crippen molar-refractivity contribution in [3.05, 3.63) is 35.4 Å². The first-order valence-electron chi connectivity index (χ1n) is 10.0. The summed E-state index contributed by atoms with van der Waals surface area (Å²) in [6.07, 6.45) is 6.36. The van der Waals surface area contributed by atoms with E-state index in [0.29, 0.717) is 12.6 Å². The van der Waals surface area contributed by atoms with Gasteiger partial charge in [-0.2, -0.15) is 0 Å². The highest BCUT2D eigenvalue weighted by atomic mass is 16.2. The molecule has 0 bridgehead atoms. The SMILES string of the molecule is CCCN(CC(=O)NCC(=O)N1CCCC1)C1CCc2ccccc2C1. The Bertz CT molecular complexity index is 625. The molecule has 5 heteroatoms. The molecule has 1 N–H and O–H groups in total. The van der Waals surface area contributed by atoms with E-state index in [1.54, 1.807) is 0 Å². The van der Waals surface area contributed by atoms with Crippen LogP contribution >= 0.6 is 0 Å². The number of nitrogens with one attached hydrogen (secondary N) is 1. The molecule has 5 nitrogen and oxygen atoms in total. The molecule has 1 aromatic rings. The molecule has 0 saturated carbocycles. The van der Waals surface area contributed by atoms with Crippen LogP contribution in [0.4, 0.5) is 0 Å². The van der Waals surface area contributed by atoms with E-state index in [1.807, 2.05) is 4.90 Å². The predicted molar refractivity (Wildman–Crippen MR) is 103 cm³/mol. The lowest BCUT2D eigenvalue weighted by Crippen LogP contribution is -2.47. The minimum absolute atomic E-state index is 0.0372. The average molecular weight is 357 g/mol. The first-order chi connectivity index (χ1) is 12.7. The van der Waals surface area contributed by atoms with Crippen molar-refractivity contribution in [3.8, 4) is 0 Å². The van der Waals surface area contributed by atoms with E-state index in [1.165, 1.54) is 11.1 Å². The molecule has 2 amide bonds. The summed E-state index contributed by atoms with van der Waals surface area (Å²) in [4.78, 5) is 28.7. The van der Waals surface area contributed by atoms with E-state index in [2.05, 4.69) is 41.4 Å². The standard InChI is InChI=1S/C21H31N3O2/c1-2-11-24(19-10-9-17-7-3-4-8-18(17)14-19)16-20(25)22-15-21(26)23-12-5-6-13-23/h3-4,7-8,19H,2,5-6,9-16H2,1H3,(H,22,25). The highest BCUT2D eigenvalue weighted by Crippen LogP contribution is 2.24. The Kier molecular flexibility index (Phi) is 6.67. The topological polar surface area (TPSA) is 52.7 Å². The van der Waals surface area contributed by atoms with Crippen LogP contribution in [0.5, 0.6) is 0 Å². The van der Waals surface area contributed by atoms with E-state index >= 15 is 0 Å². The highest BCUT2D eigenvalue weighted by molar-refractivity contribution is 5.85. The van der Waals surface area contributed by atoms with Gasteiger partial charge in [0.1, 0.15) is 0 Å². The lowest BCUT2D eigenvalue weighted by atomic mass is 9.87. The van der Waals surface area contributed by atoms with Crippen LogP contribution in [0, 0.1) is 0 Å². The van der Waals surface area contributed by atoms with Crippen molar-refractivity contribution >= 4 is 11.8 Å². The first kappa shape index (κ1) is 18.9. The maximum atomic E-state index is 12.4. The quantitative estimate of drug-likeness (QED) is 0.812. The van der Waals surface area contributed by atoms with Gasteiger partial charge in [0.25, 0.3) is 0 Å². The van der Waals surface area contributed by atoms with Gasteiger partial charge in [-0.25, -0.2) is 0 Å². The van der Waals surface area contributed by atoms with Crippen molar-refractivity contribution in [2.24, 2.45) is 0 Å². The fraction of sp³-hybridized carbons (Fsp3) is 0.619. The number of nitrogens with zero attached hydrogens (tertiary/aromatic N) is 2. The second-order valence-electron chi connectivity index (χ2n) is 7.50. The predicted octanol–water partition coefficient (Wildman–Crippen LogP) is 1.99. The third-order valence-electron chi connectivity index (χ3n) is 5.59. The molecule has 3 rings (SSSR count). The number of fused-ring (bicyclic) bond motifs is 1. The maximum Gasteiger partial charge on any atom is 0.241 e. The fourth-order valence-electron chi connectivity index (χ4n) is 4.16. The molecule has 0 aromatic heterocycles. The summed E-state index contributed by atoms with van der Waals surface area (Å²) in [6, 6.07) is 9.03. The van der Waals surface area contributed by atoms with Crippen molar-refractivity contribution in [2.75, 3.05) is 32.7 Å². The largest absolute Gasteiger partial charge is 0.346 e. The summed E-state index contributed by atoms with van der Waals surface area (Å²) < 4.78 is 0. The van der Waals surface area contributed by atoms with Gasteiger partial charge in [0, 0.05) is 19.1 Å². The third-order valence-corrected chi connectivity index (χ3v) is 5.59. The molecule has 0 radical (unpaired) electrons. The van der Waals surface area contributed by atoms with Crippen molar-refractivity contribution in [3.63, 3.8) is 0 Å². The summed E-state index contributed by atoms with van der Waals surface area (Å²) in [5.41, 5.74) is 2.86. The molecule has 1 atom stereocenters. The van der Waals surface area contributed by atoms with Crippen LogP contribution in [0.15, 0.2) is 24.3 Å². The number of hydrogen-bond acceptors (Lipinski definition) is 3. The monoisotopic (exact) mass is 357 g/mol. The van der Waals surface area contributed by atoms with Crippen LogP contribution in [-0.2, 0) is 22.4 Å². The van der Waals surface area contributed by atoms with E-state index in [9.17, 15) is 9.59 Å². The number of likely N-dealkylation sites (tertiary alicyclic amines) is 1. The lowest BCUT2D eigenvalue weighted by molar-refractivity contribution is -0.132. The Morgan fingerprint density at radius 3 is 2.65 bits per heavy atom. The second-order valence-corrected chi connectivity index (χ2v) is 7.50. The Labute approximate surface area is 156 Å². The Morgan fingerprint density at radius 2 is 1.92 bits per heavy atom. The van der Waals surface area contributed by atoms with E-state index in [0.717, 1.165) is 58.2 Å². The van der Waals surface area contributed by atoms with Crippen LogP contribution in [0.25, 0.3) is 0 Å². The molecular weight excluding hydrogens is 326 g/mol. The van der Waals surface area contributed by atoms with Gasteiger partial charge in [-0.05, 0) is 56.2 Å². The molecule has 1 fully saturated rings. The van der Waals surface area contributed by atoms with Gasteiger partial charge in [-0.1, -0.05) is 31.2 Å². The molecule has 0 spiro atoms. The zero-order chi connectivity index (χ0) is 18.4. The van der Waals surface area contributed by atoms with Crippen molar-refractivity contribution in [2.45, 2.75) is 51.5 Å². The summed E-state index contributed by atoms with van der Waals surface area (Å²) in [7, 11) is 0. The molecule has 1 unspecified atom stereocenters. The van der Waals surface area contributed by atoms with Crippen LogP contribution in [0.3, 0.4) is 0 Å². The number of carbonyl (C=O) groups excluding carboxylic acids is 2. The summed E-state index contributed by atoms with van der Waals surface area (Å²) in [6.45, 7) is 5.25. The second kappa shape index (κ2) is 9.17. The van der Waals surface area contributed by atoms with Crippen LogP contribution in [-0.4, -0.2) is 60.4 Å². The average Bonchev–Trinajstić information content (AvgIpc) is 3.20. The molecule has 2 aliphatic rings. The number of carbonyl (C=O) groups is 2. The molecule has 142 valence electrons. The van der Waals surface area contributed by atoms with Crippen LogP contribution < -0.4 is 5.32 Å². The number of benzene rings is 1. The van der Waals surface area contributed by atoms with Crippen LogP contribution in [0.2, 0.25) is 0 Å². The van der Waals surface area contributed by atoms with E-state index < -0.39 is 0 Å². The van der Waals surface area contributed by atoms with Gasteiger partial charge >= 0.3 is 0 Å². The number of amides is 2. The van der Waals surface area contributed by atoms with E-state index in [4.69, 9.17) is 0 Å². The molecule has 1 aromatic carbocycles. The first-order valence-corrected chi connectivity index (χ1v) is 10.0. The number of rotatable bonds is 7. The zero-order valence-electron chi connectivity index (χ0n) is 15.9. The maximum absolute atomic E-state index is 12.4. The minimum atomic E-state index is -0.0372. The van der Waals surface area contributed by atoms with Gasteiger partial charge < -0.3 is 10.2 Å². The zero-order valence-corrected chi connectivity index (χ0v) is 15.9. The Morgan fingerprint density at radius 1 is 1.19 bits per heavy atom. The van der Waals surface area contributed by atoms with Gasteiger partial charge in [0.05, 0.1) is 13.1 Å². The number of aryl methyl sites for hydroxylation is 1. The Hall–Kier alpha value is -1.88. The molecule has 26 heavy (non-hydrogen) atoms. The summed E-state index contributed by atoms with van der Waals surface area (Å²) in [5, 5.41) is 2.83. The summed E-state index contributed by atoms with van der Waals surface area (Å²) in [5.74, 6) is 0.00865. The van der Waals surface area contributed by atoms with Crippen molar-refractivity contribution < 1.29 is 9.59 Å². The third kappa shape index (κ3) is 4.85. The summed E-state index contributed by atoms with van der Waals surface area (Å²) >= 11 is 0. The Balaban J connectivity index is 1.51. The number of hydrogen-bond donors (Lipinski definition) is 1. The normalized spacial score (nSPS) is 19.5. The lowest BCUT2D eigenvalue weighted by Gasteiger charge is -2.34. The molecule has 1 saturated heterocycles. The van der Waals surface area contributed by atoms with Crippen LogP contribution in [0.1, 0.15) is 43.7 Å². The van der Waals surface area contributed by atoms with Gasteiger partial charge in [-0.3, -0.25) is 14.5 Å². The van der Waals surface area contributed by atoms with Gasteiger partial charge in [0.15, 0.2) is 0 Å². The molecule has 1 aliphatic heterocycles. The molecule has 1 heterocycles. The van der Waals surface area contributed by atoms with Crippen molar-refractivity contribution in [1.82, 2.24) is 15.1 Å². The fourth-order valence-corrected chi connectivity index (χ4v) is 4.16. The van der Waals surface area contributed by atoms with E-state index in [-0.39, 0.29) is 18.4 Å². The van der Waals surface area contributed by atoms with Gasteiger partial charge in [-0.15, -0.1) is 0 Å². The molecular formula is C21H31N3O2. The molecule has 1 aliphatic carbocycles. The highest BCUT2D eigenvalue weighted by Gasteiger charge is 2.25. The smallest absolute Gasteiger partial charge is 0.241 e. The van der Waals surface area contributed by atoms with Gasteiger partial charge in [0.2, 0.25) is 11.8 Å². The van der Waals surface area contributed by atoms with Crippen molar-refractivity contribution in [1.29, 1.82) is 0 Å².